The largest absolute Gasteiger partial charge is 0.314 e. The van der Waals surface area contributed by atoms with E-state index in [1.165, 1.54) is 199 Å². The van der Waals surface area contributed by atoms with Crippen molar-refractivity contribution in [1.29, 1.82) is 0 Å². The Morgan fingerprint density at radius 3 is 1.42 bits per heavy atom. The summed E-state index contributed by atoms with van der Waals surface area (Å²) in [5.41, 5.74) is 11.8. The minimum Gasteiger partial charge on any atom is -0.314 e. The molecule has 0 N–H and O–H groups in total. The first kappa shape index (κ1) is 48.9. The van der Waals surface area contributed by atoms with Crippen LogP contribution >= 0.6 is 0 Å². The van der Waals surface area contributed by atoms with Gasteiger partial charge >= 0.3 is 0 Å². The van der Waals surface area contributed by atoms with E-state index >= 15 is 0 Å². The average molecular weight is 827 g/mol. The van der Waals surface area contributed by atoms with Crippen LogP contribution in [-0.2, 0) is 18.3 Å². The number of hydrogen-bond acceptors (Lipinski definition) is 1. The minimum absolute atomic E-state index is 0.174. The van der Waals surface area contributed by atoms with Gasteiger partial charge in [-0.05, 0) is 131 Å². The molecule has 0 aromatic heterocycles. The van der Waals surface area contributed by atoms with Crippen LogP contribution in [0.15, 0.2) is 29.9 Å². The van der Waals surface area contributed by atoms with Gasteiger partial charge in [0, 0.05) is 16.5 Å². The average Bonchev–Trinajstić information content (AvgIpc) is 3.88. The van der Waals surface area contributed by atoms with Crippen LogP contribution in [0, 0.1) is 11.8 Å². The second kappa shape index (κ2) is 23.0. The summed E-state index contributed by atoms with van der Waals surface area (Å²) in [7, 11) is -1.81. The van der Waals surface area contributed by atoms with Gasteiger partial charge in [-0.1, -0.05) is 212 Å². The van der Waals surface area contributed by atoms with Gasteiger partial charge in [-0.3, -0.25) is 0 Å². The molecule has 1 nitrogen and oxygen atoms in total. The molecule has 1 saturated carbocycles. The number of benzene rings is 1. The number of aryl methyl sites for hydroxylation is 2. The molecule has 3 atom stereocenters. The number of fused-ring (bicyclic) bond motifs is 5. The highest BCUT2D eigenvalue weighted by molar-refractivity contribution is 6.76. The lowest BCUT2D eigenvalue weighted by molar-refractivity contribution is 0.122. The molecule has 0 spiro atoms. The topological polar surface area (TPSA) is 3.24 Å². The maximum atomic E-state index is 3.03. The highest BCUT2D eigenvalue weighted by Gasteiger charge is 2.55. The normalized spacial score (nSPS) is 21.1. The van der Waals surface area contributed by atoms with Gasteiger partial charge in [0.2, 0.25) is 0 Å². The Balaban J connectivity index is 1.33. The van der Waals surface area contributed by atoms with Gasteiger partial charge in [0.25, 0.3) is 0 Å². The van der Waals surface area contributed by atoms with E-state index in [4.69, 9.17) is 0 Å². The van der Waals surface area contributed by atoms with Gasteiger partial charge in [-0.15, -0.1) is 0 Å². The van der Waals surface area contributed by atoms with E-state index in [0.717, 1.165) is 11.5 Å². The summed E-state index contributed by atoms with van der Waals surface area (Å²) in [6.07, 6.45) is 49.9. The fraction of sp³-hybridized carbons (Fsp3) is 0.825. The molecule has 5 rings (SSSR count). The summed E-state index contributed by atoms with van der Waals surface area (Å²) < 4.78 is 3.03. The van der Waals surface area contributed by atoms with Crippen molar-refractivity contribution in [2.24, 2.45) is 11.8 Å². The lowest BCUT2D eigenvalue weighted by Crippen LogP contribution is -2.67. The second-order valence-corrected chi connectivity index (χ2v) is 27.8. The van der Waals surface area contributed by atoms with Crippen LogP contribution in [0.5, 0.6) is 0 Å². The summed E-state index contributed by atoms with van der Waals surface area (Å²) in [5.74, 6) is 1.41. The lowest BCUT2D eigenvalue weighted by atomic mass is 9.68. The van der Waals surface area contributed by atoms with Crippen LogP contribution in [0.4, 0.5) is 0 Å². The Labute approximate surface area is 370 Å². The molecule has 59 heavy (non-hydrogen) atoms. The van der Waals surface area contributed by atoms with Crippen molar-refractivity contribution in [2.45, 2.75) is 290 Å². The van der Waals surface area contributed by atoms with Crippen molar-refractivity contribution in [1.82, 2.24) is 4.57 Å². The standard InChI is InChI=1S/C57H99NSi/c1-11-13-15-17-19-21-23-25-27-29-31-33-40-57(41-34-32-30-28-26-24-22-20-18-16-14-12-2)52-43-47-37-35-36-46(47)42-50(52)51-45-49-48(44-53(51)57)38-39-54(49)59(9,10)58(55(3,4)5)56(6,7)8/h42-45,48-49,54H,11-41H2,1-10H3. The quantitative estimate of drug-likeness (QED) is 0.0601. The highest BCUT2D eigenvalue weighted by Crippen LogP contribution is 2.62. The molecule has 3 unspecified atom stereocenters. The summed E-state index contributed by atoms with van der Waals surface area (Å²) in [6, 6.07) is 5.57. The van der Waals surface area contributed by atoms with Crippen molar-refractivity contribution >= 4 is 13.8 Å². The summed E-state index contributed by atoms with van der Waals surface area (Å²) in [6.45, 7) is 25.1. The van der Waals surface area contributed by atoms with E-state index in [9.17, 15) is 0 Å². The molecule has 0 bridgehead atoms. The molecule has 0 amide bonds. The third-order valence-electron chi connectivity index (χ3n) is 16.1. The van der Waals surface area contributed by atoms with Crippen molar-refractivity contribution in [2.75, 3.05) is 0 Å². The number of rotatable bonds is 28. The zero-order chi connectivity index (χ0) is 42.5. The van der Waals surface area contributed by atoms with Crippen LogP contribution in [0.1, 0.15) is 264 Å². The molecule has 1 aromatic rings. The molecule has 336 valence electrons. The first-order valence-electron chi connectivity index (χ1n) is 26.7. The third-order valence-corrected chi connectivity index (χ3v) is 21.1. The zero-order valence-corrected chi connectivity index (χ0v) is 42.4. The Bertz CT molecular complexity index is 1420. The molecular weight excluding hydrogens is 727 g/mol. The molecule has 2 heteroatoms. The van der Waals surface area contributed by atoms with E-state index < -0.39 is 8.24 Å². The van der Waals surface area contributed by atoms with Crippen molar-refractivity contribution < 1.29 is 0 Å². The molecule has 4 aliphatic carbocycles. The zero-order valence-electron chi connectivity index (χ0n) is 41.4. The first-order chi connectivity index (χ1) is 28.3. The van der Waals surface area contributed by atoms with E-state index in [2.05, 4.69) is 97.3 Å². The molecule has 1 aromatic carbocycles. The number of unbranched alkanes of at least 4 members (excludes halogenated alkanes) is 22. The molecular formula is C57H99NSi. The minimum atomic E-state index is -1.81. The van der Waals surface area contributed by atoms with E-state index in [0.29, 0.717) is 5.92 Å². The predicted molar refractivity (Wildman–Crippen MR) is 266 cm³/mol. The monoisotopic (exact) mass is 826 g/mol. The van der Waals surface area contributed by atoms with Gasteiger partial charge in [0.15, 0.2) is 0 Å². The number of nitrogens with zero attached hydrogens (tertiary/aromatic N) is 1. The molecule has 0 heterocycles. The van der Waals surface area contributed by atoms with Crippen molar-refractivity contribution in [3.63, 3.8) is 0 Å². The second-order valence-electron chi connectivity index (χ2n) is 23.3. The van der Waals surface area contributed by atoms with Crippen molar-refractivity contribution in [3.05, 3.63) is 52.1 Å². The van der Waals surface area contributed by atoms with Crippen LogP contribution in [0.3, 0.4) is 0 Å². The van der Waals surface area contributed by atoms with Gasteiger partial charge in [-0.2, -0.15) is 0 Å². The SMILES string of the molecule is CCCCCCCCCCCCCCC1(CCCCCCCCCCCCCC)C2=CC3CCC([Si](C)(C)N(C(C)(C)C)C(C)(C)C)C3C=C2c2cc3c(cc21)CCC3. The summed E-state index contributed by atoms with van der Waals surface area (Å²) in [5, 5.41) is 0. The van der Waals surface area contributed by atoms with Crippen LogP contribution in [0.25, 0.3) is 5.57 Å². The van der Waals surface area contributed by atoms with Crippen molar-refractivity contribution in [3.8, 4) is 0 Å². The van der Waals surface area contributed by atoms with Gasteiger partial charge in [-0.25, -0.2) is 0 Å². The van der Waals surface area contributed by atoms with E-state index in [1.807, 2.05) is 5.57 Å². The third kappa shape index (κ3) is 12.8. The maximum Gasteiger partial charge on any atom is 0.126 e. The maximum absolute atomic E-state index is 3.03. The Kier molecular flexibility index (Phi) is 19.1. The van der Waals surface area contributed by atoms with Crippen LogP contribution in [-0.4, -0.2) is 23.9 Å². The summed E-state index contributed by atoms with van der Waals surface area (Å²) >= 11 is 0. The fourth-order valence-electron chi connectivity index (χ4n) is 14.0. The van der Waals surface area contributed by atoms with E-state index in [1.54, 1.807) is 27.8 Å². The fourth-order valence-corrected chi connectivity index (χ4v) is 20.0. The Hall–Kier alpha value is -1.12. The van der Waals surface area contributed by atoms with Crippen LogP contribution < -0.4 is 0 Å². The first-order valence-corrected chi connectivity index (χ1v) is 29.7. The molecule has 4 aliphatic rings. The van der Waals surface area contributed by atoms with Gasteiger partial charge in [0.1, 0.15) is 8.24 Å². The predicted octanol–water partition coefficient (Wildman–Crippen LogP) is 18.4. The van der Waals surface area contributed by atoms with Crippen LogP contribution in [0.2, 0.25) is 18.6 Å². The van der Waals surface area contributed by atoms with E-state index in [-0.39, 0.29) is 16.5 Å². The molecule has 0 radical (unpaired) electrons. The van der Waals surface area contributed by atoms with Gasteiger partial charge in [0.05, 0.1) is 0 Å². The smallest absolute Gasteiger partial charge is 0.126 e. The molecule has 0 saturated heterocycles. The van der Waals surface area contributed by atoms with Gasteiger partial charge < -0.3 is 4.57 Å². The molecule has 1 fully saturated rings. The molecule has 0 aliphatic heterocycles. The Morgan fingerprint density at radius 1 is 0.559 bits per heavy atom. The Morgan fingerprint density at radius 2 is 0.983 bits per heavy atom. The lowest BCUT2D eigenvalue weighted by Gasteiger charge is -2.57. The number of allylic oxidation sites excluding steroid dienone is 4. The highest BCUT2D eigenvalue weighted by atomic mass is 28.3. The summed E-state index contributed by atoms with van der Waals surface area (Å²) in [4.78, 5) is 0. The number of hydrogen-bond donors (Lipinski definition) is 0.